The first-order chi connectivity index (χ1) is 8.69. The minimum absolute atomic E-state index is 0.495. The first kappa shape index (κ1) is 13.4. The Hall–Kier alpha value is -1.06. The van der Waals surface area contributed by atoms with Crippen LogP contribution in [0.4, 0.5) is 0 Å². The van der Waals surface area contributed by atoms with Crippen LogP contribution in [0.15, 0.2) is 18.2 Å². The van der Waals surface area contributed by atoms with Crippen molar-refractivity contribution in [3.63, 3.8) is 0 Å². The number of piperidine rings is 1. The van der Waals surface area contributed by atoms with E-state index in [-0.39, 0.29) is 0 Å². The van der Waals surface area contributed by atoms with E-state index in [9.17, 15) is 0 Å². The van der Waals surface area contributed by atoms with Crippen molar-refractivity contribution >= 4 is 0 Å². The molecule has 1 heterocycles. The summed E-state index contributed by atoms with van der Waals surface area (Å²) in [6.07, 6.45) is 3.84. The molecule has 100 valence electrons. The molecule has 3 nitrogen and oxygen atoms in total. The predicted molar refractivity (Wildman–Crippen MR) is 75.0 cm³/mol. The Kier molecular flexibility index (Phi) is 4.61. The topological polar surface area (TPSA) is 24.5 Å². The van der Waals surface area contributed by atoms with E-state index in [0.717, 1.165) is 18.8 Å². The highest BCUT2D eigenvalue weighted by molar-refractivity contribution is 5.36. The van der Waals surface area contributed by atoms with Crippen LogP contribution in [0.1, 0.15) is 36.4 Å². The fourth-order valence-corrected chi connectivity index (χ4v) is 2.60. The summed E-state index contributed by atoms with van der Waals surface area (Å²) in [5.41, 5.74) is 2.69. The number of ether oxygens (including phenoxy) is 1. The summed E-state index contributed by atoms with van der Waals surface area (Å²) >= 11 is 0. The quantitative estimate of drug-likeness (QED) is 0.886. The SMILES string of the molecule is COc1cc(CN(C)C)cc(C2CCCCN2)c1. The highest BCUT2D eigenvalue weighted by Gasteiger charge is 2.16. The largest absolute Gasteiger partial charge is 0.497 e. The van der Waals surface area contributed by atoms with Gasteiger partial charge in [0.1, 0.15) is 5.75 Å². The number of hydrogen-bond acceptors (Lipinski definition) is 3. The highest BCUT2D eigenvalue weighted by Crippen LogP contribution is 2.27. The number of benzene rings is 1. The van der Waals surface area contributed by atoms with Gasteiger partial charge in [-0.1, -0.05) is 12.5 Å². The van der Waals surface area contributed by atoms with Crippen molar-refractivity contribution in [2.75, 3.05) is 27.7 Å². The molecule has 1 aliphatic rings. The van der Waals surface area contributed by atoms with E-state index in [1.165, 1.54) is 30.4 Å². The van der Waals surface area contributed by atoms with Gasteiger partial charge in [-0.05, 0) is 56.7 Å². The number of methoxy groups -OCH3 is 1. The zero-order chi connectivity index (χ0) is 13.0. The van der Waals surface area contributed by atoms with Crippen molar-refractivity contribution in [2.45, 2.75) is 31.8 Å². The van der Waals surface area contributed by atoms with E-state index < -0.39 is 0 Å². The van der Waals surface area contributed by atoms with E-state index in [1.54, 1.807) is 7.11 Å². The van der Waals surface area contributed by atoms with Crippen molar-refractivity contribution in [3.8, 4) is 5.75 Å². The monoisotopic (exact) mass is 248 g/mol. The molecule has 0 amide bonds. The van der Waals surface area contributed by atoms with Crippen LogP contribution in [0.25, 0.3) is 0 Å². The summed E-state index contributed by atoms with van der Waals surface area (Å²) in [7, 11) is 5.93. The maximum Gasteiger partial charge on any atom is 0.119 e. The standard InChI is InChI=1S/C15H24N2O/c1-17(2)11-12-8-13(10-14(9-12)18-3)15-6-4-5-7-16-15/h8-10,15-16H,4-7,11H2,1-3H3. The first-order valence-corrected chi connectivity index (χ1v) is 6.75. The molecule has 1 saturated heterocycles. The van der Waals surface area contributed by atoms with Gasteiger partial charge in [0, 0.05) is 12.6 Å². The molecule has 1 atom stereocenters. The van der Waals surface area contributed by atoms with Gasteiger partial charge in [0.25, 0.3) is 0 Å². The Morgan fingerprint density at radius 2 is 2.11 bits per heavy atom. The summed E-state index contributed by atoms with van der Waals surface area (Å²) < 4.78 is 5.42. The van der Waals surface area contributed by atoms with Crippen molar-refractivity contribution in [1.29, 1.82) is 0 Å². The molecule has 1 unspecified atom stereocenters. The Labute approximate surface area is 110 Å². The Morgan fingerprint density at radius 3 is 2.72 bits per heavy atom. The summed E-state index contributed by atoms with van der Waals surface area (Å²) in [5.74, 6) is 0.969. The molecule has 3 heteroatoms. The lowest BCUT2D eigenvalue weighted by Crippen LogP contribution is -2.27. The summed E-state index contributed by atoms with van der Waals surface area (Å²) in [5, 5.41) is 3.60. The van der Waals surface area contributed by atoms with Crippen LogP contribution < -0.4 is 10.1 Å². The van der Waals surface area contributed by atoms with Crippen LogP contribution in [-0.2, 0) is 6.54 Å². The number of nitrogens with zero attached hydrogens (tertiary/aromatic N) is 1. The molecule has 1 N–H and O–H groups in total. The zero-order valence-corrected chi connectivity index (χ0v) is 11.7. The molecular weight excluding hydrogens is 224 g/mol. The zero-order valence-electron chi connectivity index (χ0n) is 11.7. The minimum atomic E-state index is 0.495. The second-order valence-electron chi connectivity index (χ2n) is 5.35. The van der Waals surface area contributed by atoms with Crippen molar-refractivity contribution < 1.29 is 4.74 Å². The molecule has 1 fully saturated rings. The van der Waals surface area contributed by atoms with E-state index >= 15 is 0 Å². The van der Waals surface area contributed by atoms with Crippen LogP contribution in [-0.4, -0.2) is 32.6 Å². The number of hydrogen-bond donors (Lipinski definition) is 1. The van der Waals surface area contributed by atoms with E-state index in [2.05, 4.69) is 42.5 Å². The summed E-state index contributed by atoms with van der Waals surface area (Å²) in [6, 6.07) is 7.11. The lowest BCUT2D eigenvalue weighted by Gasteiger charge is -2.25. The molecule has 1 aliphatic heterocycles. The lowest BCUT2D eigenvalue weighted by atomic mass is 9.96. The van der Waals surface area contributed by atoms with Gasteiger partial charge in [-0.2, -0.15) is 0 Å². The number of nitrogens with one attached hydrogen (secondary N) is 1. The average molecular weight is 248 g/mol. The summed E-state index contributed by atoms with van der Waals surface area (Å²) in [6.45, 7) is 2.09. The van der Waals surface area contributed by atoms with Crippen LogP contribution >= 0.6 is 0 Å². The molecule has 1 aromatic carbocycles. The van der Waals surface area contributed by atoms with E-state index in [0.29, 0.717) is 6.04 Å². The van der Waals surface area contributed by atoms with Crippen LogP contribution in [0, 0.1) is 0 Å². The van der Waals surface area contributed by atoms with Gasteiger partial charge < -0.3 is 15.0 Å². The molecule has 0 bridgehead atoms. The van der Waals surface area contributed by atoms with Crippen LogP contribution in [0.5, 0.6) is 5.75 Å². The van der Waals surface area contributed by atoms with Gasteiger partial charge in [-0.15, -0.1) is 0 Å². The summed E-state index contributed by atoms with van der Waals surface area (Å²) in [4.78, 5) is 2.19. The molecule has 0 radical (unpaired) electrons. The normalized spacial score (nSPS) is 20.1. The molecule has 0 spiro atoms. The Morgan fingerprint density at radius 1 is 1.28 bits per heavy atom. The maximum absolute atomic E-state index is 5.42. The van der Waals surface area contributed by atoms with Gasteiger partial charge in [-0.25, -0.2) is 0 Å². The molecule has 0 saturated carbocycles. The third-order valence-electron chi connectivity index (χ3n) is 3.44. The van der Waals surface area contributed by atoms with E-state index in [4.69, 9.17) is 4.74 Å². The molecule has 2 rings (SSSR count). The number of rotatable bonds is 4. The first-order valence-electron chi connectivity index (χ1n) is 6.75. The van der Waals surface area contributed by atoms with Gasteiger partial charge in [0.2, 0.25) is 0 Å². The smallest absolute Gasteiger partial charge is 0.119 e. The molecule has 18 heavy (non-hydrogen) atoms. The Balaban J connectivity index is 2.22. The molecule has 1 aromatic rings. The molecular formula is C15H24N2O. The fourth-order valence-electron chi connectivity index (χ4n) is 2.60. The van der Waals surface area contributed by atoms with Gasteiger partial charge in [0.05, 0.1) is 7.11 Å². The van der Waals surface area contributed by atoms with Crippen molar-refractivity contribution in [2.24, 2.45) is 0 Å². The third-order valence-corrected chi connectivity index (χ3v) is 3.44. The van der Waals surface area contributed by atoms with Crippen LogP contribution in [0.3, 0.4) is 0 Å². The lowest BCUT2D eigenvalue weighted by molar-refractivity contribution is 0.387. The molecule has 0 aromatic heterocycles. The fraction of sp³-hybridized carbons (Fsp3) is 0.600. The van der Waals surface area contributed by atoms with Gasteiger partial charge >= 0.3 is 0 Å². The third kappa shape index (κ3) is 3.47. The van der Waals surface area contributed by atoms with Crippen LogP contribution in [0.2, 0.25) is 0 Å². The van der Waals surface area contributed by atoms with Crippen molar-refractivity contribution in [3.05, 3.63) is 29.3 Å². The second-order valence-corrected chi connectivity index (χ2v) is 5.35. The second kappa shape index (κ2) is 6.21. The minimum Gasteiger partial charge on any atom is -0.497 e. The maximum atomic E-state index is 5.42. The average Bonchev–Trinajstić information content (AvgIpc) is 2.38. The van der Waals surface area contributed by atoms with E-state index in [1.807, 2.05) is 0 Å². The predicted octanol–water partition coefficient (Wildman–Crippen LogP) is 2.57. The Bertz CT molecular complexity index is 384. The van der Waals surface area contributed by atoms with Gasteiger partial charge in [-0.3, -0.25) is 0 Å². The molecule has 0 aliphatic carbocycles. The van der Waals surface area contributed by atoms with Gasteiger partial charge in [0.15, 0.2) is 0 Å². The highest BCUT2D eigenvalue weighted by atomic mass is 16.5. The van der Waals surface area contributed by atoms with Crippen molar-refractivity contribution in [1.82, 2.24) is 10.2 Å².